The highest BCUT2D eigenvalue weighted by molar-refractivity contribution is 5.29. The number of ether oxygens (including phenoxy) is 1. The van der Waals surface area contributed by atoms with Gasteiger partial charge in [0.15, 0.2) is 0 Å². The van der Waals surface area contributed by atoms with Crippen LogP contribution in [0.5, 0.6) is 0 Å². The van der Waals surface area contributed by atoms with Gasteiger partial charge in [-0.25, -0.2) is 0 Å². The summed E-state index contributed by atoms with van der Waals surface area (Å²) in [4.78, 5) is 0. The van der Waals surface area contributed by atoms with E-state index in [1.54, 1.807) is 0 Å². The molecule has 1 aromatic carbocycles. The van der Waals surface area contributed by atoms with Crippen molar-refractivity contribution in [3.05, 3.63) is 35.9 Å². The Balaban J connectivity index is 1.78. The highest BCUT2D eigenvalue weighted by Crippen LogP contribution is 2.33. The van der Waals surface area contributed by atoms with E-state index in [9.17, 15) is 13.2 Å². The van der Waals surface area contributed by atoms with Crippen LogP contribution in [0.4, 0.5) is 13.2 Å². The molecule has 106 valence electrons. The third-order valence-electron chi connectivity index (χ3n) is 3.52. The molecule has 0 saturated carbocycles. The number of alkyl halides is 3. The molecule has 0 amide bonds. The summed E-state index contributed by atoms with van der Waals surface area (Å²) in [6, 6.07) is 10.1. The van der Waals surface area contributed by atoms with Crippen molar-refractivity contribution in [2.45, 2.75) is 24.4 Å². The Kier molecular flexibility index (Phi) is 4.47. The van der Waals surface area contributed by atoms with Crippen LogP contribution in [-0.2, 0) is 10.2 Å². The summed E-state index contributed by atoms with van der Waals surface area (Å²) in [6.45, 7) is 0.782. The van der Waals surface area contributed by atoms with Crippen molar-refractivity contribution in [3.8, 4) is 0 Å². The zero-order valence-electron chi connectivity index (χ0n) is 10.7. The Bertz CT molecular complexity index is 387. The molecule has 1 fully saturated rings. The second-order valence-corrected chi connectivity index (χ2v) is 5.02. The first-order valence-electron chi connectivity index (χ1n) is 6.43. The lowest BCUT2D eigenvalue weighted by Gasteiger charge is -2.43. The Morgan fingerprint density at radius 1 is 1.16 bits per heavy atom. The molecular formula is C14H18F3NO. The molecular weight excluding hydrogens is 255 g/mol. The number of rotatable bonds is 6. The predicted octanol–water partition coefficient (Wildman–Crippen LogP) is 2.89. The van der Waals surface area contributed by atoms with Crippen molar-refractivity contribution in [1.29, 1.82) is 0 Å². The number of hydrogen-bond acceptors (Lipinski definition) is 2. The standard InChI is InChI=1S/C14H18F3NO/c15-14(16,17)11-19-8-4-7-13(9-18-10-13)12-5-2-1-3-6-12/h1-3,5-6,18H,4,7-11H2. The fraction of sp³-hybridized carbons (Fsp3) is 0.571. The van der Waals surface area contributed by atoms with E-state index in [0.29, 0.717) is 6.42 Å². The fourth-order valence-electron chi connectivity index (χ4n) is 2.44. The van der Waals surface area contributed by atoms with Crippen LogP contribution in [0.3, 0.4) is 0 Å². The van der Waals surface area contributed by atoms with Gasteiger partial charge < -0.3 is 10.1 Å². The third kappa shape index (κ3) is 3.94. The summed E-state index contributed by atoms with van der Waals surface area (Å²) < 4.78 is 40.4. The van der Waals surface area contributed by atoms with Crippen LogP contribution < -0.4 is 5.32 Å². The van der Waals surface area contributed by atoms with Gasteiger partial charge in [-0.15, -0.1) is 0 Å². The number of nitrogens with one attached hydrogen (secondary N) is 1. The minimum atomic E-state index is -4.23. The van der Waals surface area contributed by atoms with Gasteiger partial charge in [-0.05, 0) is 18.4 Å². The lowest BCUT2D eigenvalue weighted by Crippen LogP contribution is -2.56. The van der Waals surface area contributed by atoms with E-state index >= 15 is 0 Å². The highest BCUT2D eigenvalue weighted by Gasteiger charge is 2.37. The van der Waals surface area contributed by atoms with E-state index in [1.165, 1.54) is 5.56 Å². The second kappa shape index (κ2) is 5.92. The van der Waals surface area contributed by atoms with E-state index in [2.05, 4.69) is 22.2 Å². The average Bonchev–Trinajstić information content (AvgIpc) is 2.31. The molecule has 1 aliphatic heterocycles. The zero-order chi connectivity index (χ0) is 13.8. The Labute approximate surface area is 111 Å². The molecule has 0 aliphatic carbocycles. The number of benzene rings is 1. The number of hydrogen-bond donors (Lipinski definition) is 1. The molecule has 0 atom stereocenters. The monoisotopic (exact) mass is 273 g/mol. The van der Waals surface area contributed by atoms with Gasteiger partial charge in [0.25, 0.3) is 0 Å². The van der Waals surface area contributed by atoms with Crippen molar-refractivity contribution in [2.75, 3.05) is 26.3 Å². The molecule has 2 rings (SSSR count). The van der Waals surface area contributed by atoms with Gasteiger partial charge >= 0.3 is 6.18 Å². The normalized spacial score (nSPS) is 18.1. The van der Waals surface area contributed by atoms with Crippen molar-refractivity contribution < 1.29 is 17.9 Å². The third-order valence-corrected chi connectivity index (χ3v) is 3.52. The van der Waals surface area contributed by atoms with Crippen molar-refractivity contribution in [3.63, 3.8) is 0 Å². The van der Waals surface area contributed by atoms with Gasteiger partial charge in [0, 0.05) is 25.1 Å². The second-order valence-electron chi connectivity index (χ2n) is 5.02. The maximum Gasteiger partial charge on any atom is 0.411 e. The van der Waals surface area contributed by atoms with Gasteiger partial charge in [0.2, 0.25) is 0 Å². The Morgan fingerprint density at radius 2 is 1.84 bits per heavy atom. The average molecular weight is 273 g/mol. The molecule has 0 unspecified atom stereocenters. The maximum absolute atomic E-state index is 11.9. The predicted molar refractivity (Wildman–Crippen MR) is 67.1 cm³/mol. The van der Waals surface area contributed by atoms with Crippen LogP contribution in [0.1, 0.15) is 18.4 Å². The molecule has 1 aromatic rings. The molecule has 1 N–H and O–H groups in total. The molecule has 0 radical (unpaired) electrons. The van der Waals surface area contributed by atoms with E-state index in [1.807, 2.05) is 18.2 Å². The van der Waals surface area contributed by atoms with E-state index in [-0.39, 0.29) is 12.0 Å². The van der Waals surface area contributed by atoms with E-state index in [4.69, 9.17) is 0 Å². The number of halogens is 3. The van der Waals surface area contributed by atoms with Gasteiger partial charge in [-0.2, -0.15) is 13.2 Å². The highest BCUT2D eigenvalue weighted by atomic mass is 19.4. The Hall–Kier alpha value is -1.07. The molecule has 1 heterocycles. The summed E-state index contributed by atoms with van der Waals surface area (Å²) in [6.07, 6.45) is -2.73. The SMILES string of the molecule is FC(F)(F)COCCCC1(c2ccccc2)CNC1. The lowest BCUT2D eigenvalue weighted by molar-refractivity contribution is -0.174. The van der Waals surface area contributed by atoms with Crippen molar-refractivity contribution in [1.82, 2.24) is 5.32 Å². The topological polar surface area (TPSA) is 21.3 Å². The molecule has 1 aliphatic rings. The molecule has 1 saturated heterocycles. The van der Waals surface area contributed by atoms with Crippen LogP contribution in [0, 0.1) is 0 Å². The Morgan fingerprint density at radius 3 is 2.37 bits per heavy atom. The molecule has 0 spiro atoms. The minimum Gasteiger partial charge on any atom is -0.372 e. The molecule has 0 bridgehead atoms. The van der Waals surface area contributed by atoms with Crippen LogP contribution >= 0.6 is 0 Å². The fourth-order valence-corrected chi connectivity index (χ4v) is 2.44. The van der Waals surface area contributed by atoms with E-state index in [0.717, 1.165) is 19.5 Å². The molecule has 0 aromatic heterocycles. The van der Waals surface area contributed by atoms with Crippen LogP contribution in [0.2, 0.25) is 0 Å². The van der Waals surface area contributed by atoms with Gasteiger partial charge in [-0.3, -0.25) is 0 Å². The largest absolute Gasteiger partial charge is 0.411 e. The van der Waals surface area contributed by atoms with Crippen LogP contribution in [-0.4, -0.2) is 32.5 Å². The summed E-state index contributed by atoms with van der Waals surface area (Å²) in [5.41, 5.74) is 1.33. The first-order chi connectivity index (χ1) is 9.02. The first kappa shape index (κ1) is 14.3. The van der Waals surface area contributed by atoms with Gasteiger partial charge in [-0.1, -0.05) is 30.3 Å². The first-order valence-corrected chi connectivity index (χ1v) is 6.43. The summed E-state index contributed by atoms with van der Waals surface area (Å²) in [5, 5.41) is 3.24. The smallest absolute Gasteiger partial charge is 0.372 e. The quantitative estimate of drug-likeness (QED) is 0.805. The molecule has 2 nitrogen and oxygen atoms in total. The van der Waals surface area contributed by atoms with Crippen LogP contribution in [0.25, 0.3) is 0 Å². The van der Waals surface area contributed by atoms with Gasteiger partial charge in [0.1, 0.15) is 6.61 Å². The van der Waals surface area contributed by atoms with E-state index < -0.39 is 12.8 Å². The summed E-state index contributed by atoms with van der Waals surface area (Å²) in [7, 11) is 0. The van der Waals surface area contributed by atoms with Crippen molar-refractivity contribution in [2.24, 2.45) is 0 Å². The minimum absolute atomic E-state index is 0.0723. The van der Waals surface area contributed by atoms with Crippen molar-refractivity contribution >= 4 is 0 Å². The zero-order valence-corrected chi connectivity index (χ0v) is 10.7. The van der Waals surface area contributed by atoms with Gasteiger partial charge in [0.05, 0.1) is 0 Å². The lowest BCUT2D eigenvalue weighted by atomic mass is 9.72. The maximum atomic E-state index is 11.9. The molecule has 5 heteroatoms. The summed E-state index contributed by atoms with van der Waals surface area (Å²) in [5.74, 6) is 0. The summed E-state index contributed by atoms with van der Waals surface area (Å²) >= 11 is 0. The van der Waals surface area contributed by atoms with Crippen LogP contribution in [0.15, 0.2) is 30.3 Å². The molecule has 19 heavy (non-hydrogen) atoms.